The number of esters is 1. The van der Waals surface area contributed by atoms with Gasteiger partial charge in [-0.2, -0.15) is 0 Å². The molecule has 1 unspecified atom stereocenters. The number of hydrogen-bond donors (Lipinski definition) is 1. The summed E-state index contributed by atoms with van der Waals surface area (Å²) in [6.07, 6.45) is 5.12. The number of benzene rings is 1. The van der Waals surface area contributed by atoms with Crippen molar-refractivity contribution in [1.82, 2.24) is 10.2 Å². The van der Waals surface area contributed by atoms with Crippen LogP contribution in [0.5, 0.6) is 0 Å². The van der Waals surface area contributed by atoms with Crippen molar-refractivity contribution in [2.45, 2.75) is 26.7 Å². The van der Waals surface area contributed by atoms with Crippen molar-refractivity contribution in [3.05, 3.63) is 41.6 Å². The smallest absolute Gasteiger partial charge is 0.321 e. The summed E-state index contributed by atoms with van der Waals surface area (Å²) in [6, 6.07) is 7.78. The SMILES string of the molecule is CCOC(=O)C1CCCN(C(=O)N/C=C/c2ccccc2C)C1. The fraction of sp³-hybridized carbons (Fsp3) is 0.444. The molecule has 1 aromatic carbocycles. The Morgan fingerprint density at radius 3 is 2.91 bits per heavy atom. The van der Waals surface area contributed by atoms with Gasteiger partial charge in [0.25, 0.3) is 0 Å². The molecule has 5 nitrogen and oxygen atoms in total. The Morgan fingerprint density at radius 2 is 2.17 bits per heavy atom. The van der Waals surface area contributed by atoms with Gasteiger partial charge in [-0.25, -0.2) is 4.79 Å². The number of ether oxygens (including phenoxy) is 1. The Hall–Kier alpha value is -2.30. The minimum atomic E-state index is -0.213. The number of amides is 2. The molecule has 0 spiro atoms. The molecular weight excluding hydrogens is 292 g/mol. The first kappa shape index (κ1) is 17.1. The third-order valence-corrected chi connectivity index (χ3v) is 3.99. The highest BCUT2D eigenvalue weighted by molar-refractivity contribution is 5.78. The number of likely N-dealkylation sites (tertiary alicyclic amines) is 1. The molecule has 1 fully saturated rings. The summed E-state index contributed by atoms with van der Waals surface area (Å²) in [5.74, 6) is -0.421. The molecular formula is C18H24N2O3. The number of nitrogens with zero attached hydrogens (tertiary/aromatic N) is 1. The van der Waals surface area contributed by atoms with Crippen LogP contribution in [0.1, 0.15) is 30.9 Å². The highest BCUT2D eigenvalue weighted by atomic mass is 16.5. The van der Waals surface area contributed by atoms with Crippen molar-refractivity contribution in [3.63, 3.8) is 0 Å². The van der Waals surface area contributed by atoms with Gasteiger partial charge in [0.1, 0.15) is 0 Å². The Morgan fingerprint density at radius 1 is 1.39 bits per heavy atom. The summed E-state index contributed by atoms with van der Waals surface area (Å²) < 4.78 is 5.05. The van der Waals surface area contributed by atoms with Crippen molar-refractivity contribution < 1.29 is 14.3 Å². The molecule has 1 atom stereocenters. The van der Waals surface area contributed by atoms with Gasteiger partial charge in [-0.1, -0.05) is 24.3 Å². The van der Waals surface area contributed by atoms with Gasteiger partial charge in [0.15, 0.2) is 0 Å². The molecule has 0 radical (unpaired) electrons. The molecule has 0 aromatic heterocycles. The highest BCUT2D eigenvalue weighted by Gasteiger charge is 2.28. The maximum absolute atomic E-state index is 12.2. The second-order valence-electron chi connectivity index (χ2n) is 5.68. The quantitative estimate of drug-likeness (QED) is 0.869. The van der Waals surface area contributed by atoms with Crippen LogP contribution in [0.2, 0.25) is 0 Å². The van der Waals surface area contributed by atoms with Crippen molar-refractivity contribution in [1.29, 1.82) is 0 Å². The van der Waals surface area contributed by atoms with Crippen LogP contribution in [0.15, 0.2) is 30.5 Å². The standard InChI is InChI=1S/C18H24N2O3/c1-3-23-17(21)16-9-6-12-20(13-16)18(22)19-11-10-15-8-5-4-7-14(15)2/h4-5,7-8,10-11,16H,3,6,9,12-13H2,1-2H3,(H,19,22)/b11-10+. The monoisotopic (exact) mass is 316 g/mol. The zero-order valence-corrected chi connectivity index (χ0v) is 13.7. The lowest BCUT2D eigenvalue weighted by Crippen LogP contribution is -2.46. The van der Waals surface area contributed by atoms with E-state index in [1.165, 1.54) is 0 Å². The van der Waals surface area contributed by atoms with Crippen LogP contribution in [0.4, 0.5) is 4.79 Å². The number of carbonyl (C=O) groups excluding carboxylic acids is 2. The molecule has 1 N–H and O–H groups in total. The van der Waals surface area contributed by atoms with E-state index in [-0.39, 0.29) is 17.9 Å². The van der Waals surface area contributed by atoms with Gasteiger partial charge in [-0.15, -0.1) is 0 Å². The van der Waals surface area contributed by atoms with Crippen LogP contribution in [-0.4, -0.2) is 36.6 Å². The first-order valence-electron chi connectivity index (χ1n) is 8.06. The van der Waals surface area contributed by atoms with Gasteiger partial charge in [0, 0.05) is 19.3 Å². The first-order valence-corrected chi connectivity index (χ1v) is 8.06. The number of piperidine rings is 1. The van der Waals surface area contributed by atoms with Crippen LogP contribution in [0.25, 0.3) is 6.08 Å². The number of aryl methyl sites for hydroxylation is 1. The third-order valence-electron chi connectivity index (χ3n) is 3.99. The first-order chi connectivity index (χ1) is 11.1. The Labute approximate surface area is 137 Å². The van der Waals surface area contributed by atoms with Gasteiger partial charge in [-0.3, -0.25) is 4.79 Å². The lowest BCUT2D eigenvalue weighted by atomic mass is 9.98. The second-order valence-corrected chi connectivity index (χ2v) is 5.68. The summed E-state index contributed by atoms with van der Waals surface area (Å²) >= 11 is 0. The fourth-order valence-electron chi connectivity index (χ4n) is 2.68. The van der Waals surface area contributed by atoms with E-state index in [9.17, 15) is 9.59 Å². The van der Waals surface area contributed by atoms with E-state index < -0.39 is 0 Å². The Bertz CT molecular complexity index is 583. The Balaban J connectivity index is 1.88. The van der Waals surface area contributed by atoms with Crippen LogP contribution >= 0.6 is 0 Å². The van der Waals surface area contributed by atoms with Gasteiger partial charge >= 0.3 is 12.0 Å². The molecule has 2 rings (SSSR count). The third kappa shape index (κ3) is 4.84. The number of nitrogens with one attached hydrogen (secondary N) is 1. The van der Waals surface area contributed by atoms with E-state index in [1.54, 1.807) is 18.0 Å². The minimum absolute atomic E-state index is 0.177. The minimum Gasteiger partial charge on any atom is -0.466 e. The average Bonchev–Trinajstić information content (AvgIpc) is 2.57. The van der Waals surface area contributed by atoms with Crippen LogP contribution in [-0.2, 0) is 9.53 Å². The number of hydrogen-bond acceptors (Lipinski definition) is 3. The maximum atomic E-state index is 12.2. The molecule has 2 amide bonds. The van der Waals surface area contributed by atoms with Crippen LogP contribution < -0.4 is 5.32 Å². The number of rotatable bonds is 4. The molecule has 1 aromatic rings. The molecule has 0 aliphatic carbocycles. The predicted octanol–water partition coefficient (Wildman–Crippen LogP) is 2.95. The van der Waals surface area contributed by atoms with Crippen molar-refractivity contribution in [2.24, 2.45) is 5.92 Å². The predicted molar refractivity (Wildman–Crippen MR) is 89.7 cm³/mol. The molecule has 1 heterocycles. The van der Waals surface area contributed by atoms with Crippen molar-refractivity contribution >= 4 is 18.1 Å². The lowest BCUT2D eigenvalue weighted by Gasteiger charge is -2.31. The van der Waals surface area contributed by atoms with E-state index >= 15 is 0 Å². The molecule has 23 heavy (non-hydrogen) atoms. The highest BCUT2D eigenvalue weighted by Crippen LogP contribution is 2.18. The van der Waals surface area contributed by atoms with Gasteiger partial charge in [-0.05, 0) is 43.9 Å². The summed E-state index contributed by atoms with van der Waals surface area (Å²) in [7, 11) is 0. The zero-order chi connectivity index (χ0) is 16.7. The van der Waals surface area contributed by atoms with E-state index in [0.29, 0.717) is 19.7 Å². The van der Waals surface area contributed by atoms with E-state index in [1.807, 2.05) is 37.3 Å². The lowest BCUT2D eigenvalue weighted by molar-refractivity contribution is -0.149. The zero-order valence-electron chi connectivity index (χ0n) is 13.7. The summed E-state index contributed by atoms with van der Waals surface area (Å²) in [5.41, 5.74) is 2.22. The molecule has 0 bridgehead atoms. The normalized spacial score (nSPS) is 18.0. The van der Waals surface area contributed by atoms with E-state index in [4.69, 9.17) is 4.74 Å². The van der Waals surface area contributed by atoms with Crippen LogP contribution in [0, 0.1) is 12.8 Å². The summed E-state index contributed by atoms with van der Waals surface area (Å²) in [4.78, 5) is 25.7. The van der Waals surface area contributed by atoms with Gasteiger partial charge in [0.2, 0.25) is 0 Å². The Kier molecular flexibility index (Phi) is 6.20. The van der Waals surface area contributed by atoms with Gasteiger partial charge in [0.05, 0.1) is 12.5 Å². The molecule has 1 aliphatic heterocycles. The van der Waals surface area contributed by atoms with E-state index in [2.05, 4.69) is 5.32 Å². The summed E-state index contributed by atoms with van der Waals surface area (Å²) in [5, 5.41) is 2.77. The largest absolute Gasteiger partial charge is 0.466 e. The number of urea groups is 1. The number of carbonyl (C=O) groups is 2. The average molecular weight is 316 g/mol. The second kappa shape index (κ2) is 8.36. The molecule has 5 heteroatoms. The maximum Gasteiger partial charge on any atom is 0.321 e. The molecule has 1 saturated heterocycles. The van der Waals surface area contributed by atoms with Crippen molar-refractivity contribution in [2.75, 3.05) is 19.7 Å². The summed E-state index contributed by atoms with van der Waals surface area (Å²) in [6.45, 7) is 5.28. The van der Waals surface area contributed by atoms with Crippen molar-refractivity contribution in [3.8, 4) is 0 Å². The molecule has 0 saturated carbocycles. The fourth-order valence-corrected chi connectivity index (χ4v) is 2.68. The molecule has 124 valence electrons. The van der Waals surface area contributed by atoms with Crippen LogP contribution in [0.3, 0.4) is 0 Å². The molecule has 1 aliphatic rings. The van der Waals surface area contributed by atoms with E-state index in [0.717, 1.165) is 24.0 Å². The topological polar surface area (TPSA) is 58.6 Å². The van der Waals surface area contributed by atoms with Gasteiger partial charge < -0.3 is 15.0 Å².